The van der Waals surface area contributed by atoms with Crippen molar-refractivity contribution in [2.75, 3.05) is 4.90 Å². The quantitative estimate of drug-likeness (QED) is 0.469. The number of imide groups is 1. The van der Waals surface area contributed by atoms with E-state index in [-0.39, 0.29) is 11.8 Å². The maximum atomic E-state index is 13.5. The van der Waals surface area contributed by atoms with Crippen molar-refractivity contribution < 1.29 is 23.9 Å². The molecule has 35 heavy (non-hydrogen) atoms. The maximum absolute atomic E-state index is 13.5. The van der Waals surface area contributed by atoms with Crippen LogP contribution in [0.4, 0.5) is 10.5 Å². The highest BCUT2D eigenvalue weighted by Crippen LogP contribution is 2.50. The van der Waals surface area contributed by atoms with Crippen LogP contribution in [0.1, 0.15) is 44.9 Å². The van der Waals surface area contributed by atoms with Gasteiger partial charge in [-0.05, 0) is 62.9 Å². The second-order valence-electron chi connectivity index (χ2n) is 10.1. The Bertz CT molecular complexity index is 1260. The number of nitrogens with zero attached hydrogens (tertiary/aromatic N) is 2. The van der Waals surface area contributed by atoms with E-state index in [1.165, 1.54) is 17.2 Å². The van der Waals surface area contributed by atoms with E-state index in [0.29, 0.717) is 17.7 Å². The van der Waals surface area contributed by atoms with E-state index in [0.717, 1.165) is 16.7 Å². The average Bonchev–Trinajstić information content (AvgIpc) is 3.39. The van der Waals surface area contributed by atoms with Crippen LogP contribution in [-0.2, 0) is 25.5 Å². The van der Waals surface area contributed by atoms with Gasteiger partial charge in [0.25, 0.3) is 11.8 Å². The van der Waals surface area contributed by atoms with Gasteiger partial charge in [-0.1, -0.05) is 42.5 Å². The summed E-state index contributed by atoms with van der Waals surface area (Å²) in [6, 6.07) is 16.6. The number of rotatable bonds is 3. The van der Waals surface area contributed by atoms with Gasteiger partial charge in [-0.3, -0.25) is 14.5 Å². The molecule has 7 heteroatoms. The van der Waals surface area contributed by atoms with E-state index in [2.05, 4.69) is 0 Å². The molecule has 3 atom stereocenters. The molecule has 3 aliphatic rings. The lowest BCUT2D eigenvalue weighted by Gasteiger charge is -2.27. The zero-order valence-electron chi connectivity index (χ0n) is 20.2. The minimum Gasteiger partial charge on any atom is -0.473 e. The molecular weight excluding hydrogens is 444 g/mol. The fraction of sp³-hybridized carbons (Fsp3) is 0.321. The van der Waals surface area contributed by atoms with Gasteiger partial charge in [-0.2, -0.15) is 0 Å². The lowest BCUT2D eigenvalue weighted by Crippen LogP contribution is -2.39. The van der Waals surface area contributed by atoms with Crippen molar-refractivity contribution in [2.24, 2.45) is 5.92 Å². The van der Waals surface area contributed by atoms with Gasteiger partial charge in [0, 0.05) is 17.7 Å². The van der Waals surface area contributed by atoms with E-state index >= 15 is 0 Å². The van der Waals surface area contributed by atoms with Crippen LogP contribution >= 0.6 is 0 Å². The molecule has 7 nitrogen and oxygen atoms in total. The normalized spacial score (nSPS) is 24.5. The smallest absolute Gasteiger partial charge is 0.417 e. The third kappa shape index (κ3) is 4.01. The first-order chi connectivity index (χ1) is 16.7. The monoisotopic (exact) mass is 472 g/mol. The molecule has 2 heterocycles. The number of fused-ring (bicyclic) bond motifs is 3. The Labute approximate surface area is 204 Å². The number of para-hydroxylation sites is 1. The Kier molecular flexibility index (Phi) is 5.50. The lowest BCUT2D eigenvalue weighted by molar-refractivity contribution is -0.125. The predicted octanol–water partition coefficient (Wildman–Crippen LogP) is 4.90. The van der Waals surface area contributed by atoms with Crippen molar-refractivity contribution in [1.82, 2.24) is 4.90 Å². The lowest BCUT2D eigenvalue weighted by atomic mass is 9.97. The number of carbonyl (C=O) groups excluding carboxylic acids is 3. The van der Waals surface area contributed by atoms with Crippen LogP contribution in [0, 0.1) is 5.92 Å². The molecule has 0 N–H and O–H groups in total. The molecule has 3 unspecified atom stereocenters. The zero-order chi connectivity index (χ0) is 24.9. The van der Waals surface area contributed by atoms with Crippen LogP contribution in [0.5, 0.6) is 0 Å². The van der Waals surface area contributed by atoms with Gasteiger partial charge in [0.2, 0.25) is 6.23 Å². The molecule has 1 fully saturated rings. The van der Waals surface area contributed by atoms with Crippen LogP contribution in [0.25, 0.3) is 0 Å². The second-order valence-corrected chi connectivity index (χ2v) is 10.1. The van der Waals surface area contributed by atoms with Crippen LogP contribution in [0.3, 0.4) is 0 Å². The van der Waals surface area contributed by atoms with Crippen molar-refractivity contribution in [3.05, 3.63) is 89.2 Å². The van der Waals surface area contributed by atoms with Gasteiger partial charge in [-0.15, -0.1) is 0 Å². The highest BCUT2D eigenvalue weighted by atomic mass is 16.6. The molecule has 0 aromatic heterocycles. The van der Waals surface area contributed by atoms with E-state index in [9.17, 15) is 14.4 Å². The van der Waals surface area contributed by atoms with Crippen LogP contribution in [0.2, 0.25) is 0 Å². The molecule has 0 radical (unpaired) electrons. The first kappa shape index (κ1) is 22.9. The number of anilines is 1. The molecular formula is C28H28N2O5. The molecule has 2 aromatic carbocycles. The fourth-order valence-electron chi connectivity index (χ4n) is 5.05. The molecule has 3 amide bonds. The summed E-state index contributed by atoms with van der Waals surface area (Å²) < 4.78 is 11.7. The average molecular weight is 473 g/mol. The molecule has 2 aliphatic heterocycles. The topological polar surface area (TPSA) is 76.2 Å². The Morgan fingerprint density at radius 2 is 1.71 bits per heavy atom. The number of benzene rings is 2. The number of hydrogen-bond acceptors (Lipinski definition) is 5. The van der Waals surface area contributed by atoms with Crippen molar-refractivity contribution in [2.45, 2.75) is 52.0 Å². The molecule has 5 rings (SSSR count). The van der Waals surface area contributed by atoms with Crippen LogP contribution in [0.15, 0.2) is 78.1 Å². The standard InChI is InChI=1S/C28H28N2O5/c1-17-14-23(31)29(19-11-6-5-7-12-19)26(17)34-16-22-21-15-18-10-8-9-13-20(18)24(21)30(25(22)32)27(33)35-28(2,3)4/h5-14,16,21,24,26H,15H2,1-4H3/b22-16+. The number of ether oxygens (including phenoxy) is 2. The largest absolute Gasteiger partial charge is 0.473 e. The van der Waals surface area contributed by atoms with E-state index < -0.39 is 29.9 Å². The molecule has 180 valence electrons. The minimum absolute atomic E-state index is 0.184. The third-order valence-electron chi connectivity index (χ3n) is 6.50. The zero-order valence-corrected chi connectivity index (χ0v) is 20.2. The Morgan fingerprint density at radius 1 is 1.03 bits per heavy atom. The first-order valence-corrected chi connectivity index (χ1v) is 11.7. The van der Waals surface area contributed by atoms with Gasteiger partial charge < -0.3 is 9.47 Å². The van der Waals surface area contributed by atoms with Gasteiger partial charge in [0.1, 0.15) is 5.60 Å². The van der Waals surface area contributed by atoms with Crippen LogP contribution < -0.4 is 4.90 Å². The summed E-state index contributed by atoms with van der Waals surface area (Å²) in [5.74, 6) is -0.865. The van der Waals surface area contributed by atoms with Gasteiger partial charge in [0.05, 0.1) is 17.9 Å². The van der Waals surface area contributed by atoms with E-state index in [1.807, 2.05) is 61.5 Å². The van der Waals surface area contributed by atoms with Crippen molar-refractivity contribution in [3.63, 3.8) is 0 Å². The molecule has 0 saturated carbocycles. The maximum Gasteiger partial charge on any atom is 0.417 e. The SMILES string of the molecule is CC1=CC(=O)N(c2ccccc2)C1O/C=C1/C(=O)N(C(=O)OC(C)(C)C)C2c3ccccc3CC12. The predicted molar refractivity (Wildman–Crippen MR) is 130 cm³/mol. The van der Waals surface area contributed by atoms with E-state index in [1.54, 1.807) is 25.7 Å². The number of likely N-dealkylation sites (tertiary alicyclic amines) is 1. The summed E-state index contributed by atoms with van der Waals surface area (Å²) in [6.45, 7) is 7.14. The minimum atomic E-state index is -0.740. The second kappa shape index (κ2) is 8.41. The summed E-state index contributed by atoms with van der Waals surface area (Å²) in [4.78, 5) is 42.1. The molecule has 1 aliphatic carbocycles. The van der Waals surface area contributed by atoms with Crippen molar-refractivity contribution >= 4 is 23.6 Å². The van der Waals surface area contributed by atoms with Gasteiger partial charge >= 0.3 is 6.09 Å². The summed E-state index contributed by atoms with van der Waals surface area (Å²) in [5, 5.41) is 0. The number of amides is 3. The molecule has 0 bridgehead atoms. The highest BCUT2D eigenvalue weighted by molar-refractivity contribution is 6.07. The van der Waals surface area contributed by atoms with Gasteiger partial charge in [0.15, 0.2) is 0 Å². The summed E-state index contributed by atoms with van der Waals surface area (Å²) in [5.41, 5.74) is 3.13. The Balaban J connectivity index is 1.48. The summed E-state index contributed by atoms with van der Waals surface area (Å²) >= 11 is 0. The first-order valence-electron chi connectivity index (χ1n) is 11.7. The van der Waals surface area contributed by atoms with Crippen molar-refractivity contribution in [1.29, 1.82) is 0 Å². The van der Waals surface area contributed by atoms with Crippen LogP contribution in [-0.4, -0.2) is 34.6 Å². The Hall–Kier alpha value is -3.87. The summed E-state index contributed by atoms with van der Waals surface area (Å²) in [7, 11) is 0. The molecule has 0 spiro atoms. The summed E-state index contributed by atoms with van der Waals surface area (Å²) in [6.07, 6.45) is 2.24. The highest BCUT2D eigenvalue weighted by Gasteiger charge is 2.53. The number of carbonyl (C=O) groups is 3. The molecule has 2 aromatic rings. The van der Waals surface area contributed by atoms with E-state index in [4.69, 9.17) is 9.47 Å². The van der Waals surface area contributed by atoms with Gasteiger partial charge in [-0.25, -0.2) is 9.69 Å². The molecule has 1 saturated heterocycles. The van der Waals surface area contributed by atoms with Crippen molar-refractivity contribution in [3.8, 4) is 0 Å². The fourth-order valence-corrected chi connectivity index (χ4v) is 5.05. The Morgan fingerprint density at radius 3 is 2.43 bits per heavy atom. The number of hydrogen-bond donors (Lipinski definition) is 0. The third-order valence-corrected chi connectivity index (χ3v) is 6.50.